The molecule has 3 nitrogen and oxygen atoms in total. The molecule has 0 aromatic rings. The van der Waals surface area contributed by atoms with Crippen LogP contribution in [0.3, 0.4) is 0 Å². The molecule has 0 aliphatic rings. The van der Waals surface area contributed by atoms with Crippen LogP contribution in [0.15, 0.2) is 0 Å². The van der Waals surface area contributed by atoms with Gasteiger partial charge in [0.1, 0.15) is 6.10 Å². The second kappa shape index (κ2) is 2.71. The molecule has 0 heterocycles. The highest BCUT2D eigenvalue weighted by atomic mass is 16.3. The van der Waals surface area contributed by atoms with E-state index in [1.165, 1.54) is 6.92 Å². The molecule has 0 aromatic carbocycles. The third-order valence-corrected chi connectivity index (χ3v) is 0.693. The molecule has 0 aliphatic heterocycles. The fourth-order valence-electron chi connectivity index (χ4n) is 0.166. The van der Waals surface area contributed by atoms with E-state index in [-0.39, 0.29) is 13.8 Å². The van der Waals surface area contributed by atoms with Crippen molar-refractivity contribution in [3.8, 4) is 0 Å². The van der Waals surface area contributed by atoms with Crippen molar-refractivity contribution in [2.75, 3.05) is 6.54 Å². The van der Waals surface area contributed by atoms with Gasteiger partial charge in [0.05, 0.1) is 0 Å². The molecule has 0 aromatic heterocycles. The summed E-state index contributed by atoms with van der Waals surface area (Å²) in [5.74, 6) is -0.275. The van der Waals surface area contributed by atoms with Gasteiger partial charge in [0.25, 0.3) is 0 Å². The van der Waals surface area contributed by atoms with E-state index >= 15 is 0 Å². The predicted molar refractivity (Wildman–Crippen MR) is 27.9 cm³/mol. The molecule has 1 atom stereocenters. The van der Waals surface area contributed by atoms with E-state index in [0.29, 0.717) is 0 Å². The van der Waals surface area contributed by atoms with Gasteiger partial charge in [0.2, 0.25) is 0 Å². The average molecular weight is 105 g/mol. The standard InChI is InChI=1S/C4H9NO2.H2/c1-3(6)4(7)2-5;/h4,7H,2,5H2,1H3;1H. The third-order valence-electron chi connectivity index (χ3n) is 0.693. The fourth-order valence-corrected chi connectivity index (χ4v) is 0.166. The second-order valence-electron chi connectivity index (χ2n) is 1.36. The summed E-state index contributed by atoms with van der Waals surface area (Å²) in [6, 6.07) is 0. The summed E-state index contributed by atoms with van der Waals surface area (Å²) in [6.45, 7) is 1.33. The number of hydrogen-bond donors (Lipinski definition) is 2. The van der Waals surface area contributed by atoms with Gasteiger partial charge in [-0.05, 0) is 6.92 Å². The van der Waals surface area contributed by atoms with Crippen LogP contribution in [0.4, 0.5) is 0 Å². The molecule has 0 fully saturated rings. The third kappa shape index (κ3) is 2.31. The highest BCUT2D eigenvalue weighted by Gasteiger charge is 2.03. The molecule has 0 bridgehead atoms. The molecule has 0 radical (unpaired) electrons. The van der Waals surface area contributed by atoms with E-state index in [9.17, 15) is 4.79 Å². The first kappa shape index (κ1) is 6.59. The minimum Gasteiger partial charge on any atom is -0.384 e. The van der Waals surface area contributed by atoms with Gasteiger partial charge in [-0.3, -0.25) is 4.79 Å². The summed E-state index contributed by atoms with van der Waals surface area (Å²) >= 11 is 0. The Morgan fingerprint density at radius 1 is 2.14 bits per heavy atom. The molecular formula is C4H11NO2. The number of rotatable bonds is 2. The number of hydrogen-bond acceptors (Lipinski definition) is 3. The molecule has 0 rings (SSSR count). The van der Waals surface area contributed by atoms with Crippen LogP contribution in [-0.2, 0) is 4.79 Å². The lowest BCUT2D eigenvalue weighted by Gasteiger charge is -1.97. The molecule has 7 heavy (non-hydrogen) atoms. The Balaban J connectivity index is 0. The van der Waals surface area contributed by atoms with Crippen LogP contribution in [0.2, 0.25) is 0 Å². The Labute approximate surface area is 43.6 Å². The Kier molecular flexibility index (Phi) is 2.55. The molecule has 0 saturated heterocycles. The van der Waals surface area contributed by atoms with Gasteiger partial charge in [-0.25, -0.2) is 0 Å². The number of carbonyl (C=O) groups excluding carboxylic acids is 1. The van der Waals surface area contributed by atoms with E-state index in [4.69, 9.17) is 10.8 Å². The lowest BCUT2D eigenvalue weighted by Crippen LogP contribution is -2.26. The molecule has 3 N–H and O–H groups in total. The smallest absolute Gasteiger partial charge is 0.159 e. The summed E-state index contributed by atoms with van der Waals surface area (Å²) in [7, 11) is 0. The largest absolute Gasteiger partial charge is 0.384 e. The number of nitrogens with two attached hydrogens (primary N) is 1. The molecule has 3 heteroatoms. The van der Waals surface area contributed by atoms with Crippen molar-refractivity contribution in [2.24, 2.45) is 5.73 Å². The SMILES string of the molecule is CC(=O)C(O)CN.[HH]. The van der Waals surface area contributed by atoms with Gasteiger partial charge < -0.3 is 10.8 Å². The Bertz CT molecular complexity index is 76.4. The molecular weight excluding hydrogens is 94.0 g/mol. The summed E-state index contributed by atoms with van der Waals surface area (Å²) < 4.78 is 0. The lowest BCUT2D eigenvalue weighted by atomic mass is 10.3. The van der Waals surface area contributed by atoms with E-state index < -0.39 is 6.10 Å². The first-order valence-electron chi connectivity index (χ1n) is 2.07. The van der Waals surface area contributed by atoms with Crippen LogP contribution >= 0.6 is 0 Å². The monoisotopic (exact) mass is 105 g/mol. The van der Waals surface area contributed by atoms with E-state index in [1.54, 1.807) is 0 Å². The summed E-state index contributed by atoms with van der Waals surface area (Å²) in [5.41, 5.74) is 4.90. The maximum atomic E-state index is 10.0. The van der Waals surface area contributed by atoms with E-state index in [2.05, 4.69) is 0 Å². The van der Waals surface area contributed by atoms with E-state index in [0.717, 1.165) is 0 Å². The zero-order valence-electron chi connectivity index (χ0n) is 4.22. The van der Waals surface area contributed by atoms with Crippen LogP contribution in [0.5, 0.6) is 0 Å². The Morgan fingerprint density at radius 3 is 2.57 bits per heavy atom. The highest BCUT2D eigenvalue weighted by molar-refractivity contribution is 5.80. The number of carbonyl (C=O) groups is 1. The maximum absolute atomic E-state index is 10.0. The van der Waals surface area contributed by atoms with Crippen LogP contribution < -0.4 is 5.73 Å². The zero-order chi connectivity index (χ0) is 5.86. The molecule has 0 spiro atoms. The fraction of sp³-hybridized carbons (Fsp3) is 0.750. The van der Waals surface area contributed by atoms with Crippen molar-refractivity contribution in [1.82, 2.24) is 0 Å². The van der Waals surface area contributed by atoms with E-state index in [1.807, 2.05) is 0 Å². The average Bonchev–Trinajstić information content (AvgIpc) is 1.65. The molecule has 0 saturated carbocycles. The number of Topliss-reactive ketones (excluding diaryl/α,β-unsaturated/α-hetero) is 1. The number of aliphatic hydroxyl groups is 1. The molecule has 0 amide bonds. The molecule has 1 unspecified atom stereocenters. The van der Waals surface area contributed by atoms with Crippen molar-refractivity contribution in [2.45, 2.75) is 13.0 Å². The zero-order valence-corrected chi connectivity index (χ0v) is 4.22. The first-order valence-corrected chi connectivity index (χ1v) is 2.07. The maximum Gasteiger partial charge on any atom is 0.159 e. The normalized spacial score (nSPS) is 13.6. The Hall–Kier alpha value is -0.410. The van der Waals surface area contributed by atoms with Gasteiger partial charge in [0, 0.05) is 7.97 Å². The molecule has 44 valence electrons. The van der Waals surface area contributed by atoms with Gasteiger partial charge in [-0.1, -0.05) is 0 Å². The highest BCUT2D eigenvalue weighted by Crippen LogP contribution is 1.77. The van der Waals surface area contributed by atoms with Crippen molar-refractivity contribution in [3.63, 3.8) is 0 Å². The van der Waals surface area contributed by atoms with Gasteiger partial charge in [-0.15, -0.1) is 0 Å². The van der Waals surface area contributed by atoms with Crippen molar-refractivity contribution < 1.29 is 11.3 Å². The van der Waals surface area contributed by atoms with Gasteiger partial charge in [-0.2, -0.15) is 0 Å². The van der Waals surface area contributed by atoms with Crippen molar-refractivity contribution >= 4 is 5.78 Å². The van der Waals surface area contributed by atoms with Crippen molar-refractivity contribution in [1.29, 1.82) is 0 Å². The summed E-state index contributed by atoms with van der Waals surface area (Å²) in [6.07, 6.45) is -0.958. The van der Waals surface area contributed by atoms with Gasteiger partial charge >= 0.3 is 0 Å². The first-order chi connectivity index (χ1) is 3.18. The topological polar surface area (TPSA) is 63.3 Å². The minimum absolute atomic E-state index is 0. The van der Waals surface area contributed by atoms with Crippen LogP contribution in [-0.4, -0.2) is 23.5 Å². The van der Waals surface area contributed by atoms with Crippen LogP contribution in [0.1, 0.15) is 8.35 Å². The second-order valence-corrected chi connectivity index (χ2v) is 1.36. The van der Waals surface area contributed by atoms with Crippen molar-refractivity contribution in [3.05, 3.63) is 0 Å². The molecule has 0 aliphatic carbocycles. The van der Waals surface area contributed by atoms with Gasteiger partial charge in [0.15, 0.2) is 5.78 Å². The number of aliphatic hydroxyl groups excluding tert-OH is 1. The summed E-state index contributed by atoms with van der Waals surface area (Å²) in [5, 5.41) is 8.46. The number of ketones is 1. The van der Waals surface area contributed by atoms with Crippen LogP contribution in [0.25, 0.3) is 0 Å². The Morgan fingerprint density at radius 2 is 2.57 bits per heavy atom. The van der Waals surface area contributed by atoms with Crippen LogP contribution in [0, 0.1) is 0 Å². The minimum atomic E-state index is -0.958. The predicted octanol–water partition coefficient (Wildman–Crippen LogP) is -0.859. The lowest BCUT2D eigenvalue weighted by molar-refractivity contribution is -0.124. The summed E-state index contributed by atoms with van der Waals surface area (Å²) in [4.78, 5) is 10.0. The quantitative estimate of drug-likeness (QED) is 0.480.